The fraction of sp³-hybridized carbons (Fsp3) is 0.278. The molecular weight excluding hydrogens is 332 g/mol. The monoisotopic (exact) mass is 354 g/mol. The van der Waals surface area contributed by atoms with Crippen molar-refractivity contribution in [2.75, 3.05) is 20.2 Å². The Hall–Kier alpha value is -3.29. The molecule has 0 fully saturated rings. The molecule has 3 rings (SSSR count). The van der Waals surface area contributed by atoms with Gasteiger partial charge in [-0.1, -0.05) is 12.1 Å². The molecule has 0 radical (unpaired) electrons. The van der Waals surface area contributed by atoms with Gasteiger partial charge < -0.3 is 20.2 Å². The molecule has 0 aliphatic rings. The second kappa shape index (κ2) is 8.70. The number of hydrogen-bond acceptors (Lipinski definition) is 5. The molecule has 0 aliphatic carbocycles. The van der Waals surface area contributed by atoms with E-state index in [1.54, 1.807) is 19.4 Å². The predicted molar refractivity (Wildman–Crippen MR) is 99.0 cm³/mol. The van der Waals surface area contributed by atoms with Gasteiger partial charge >= 0.3 is 0 Å². The van der Waals surface area contributed by atoms with Crippen LogP contribution in [0.4, 0.5) is 0 Å². The summed E-state index contributed by atoms with van der Waals surface area (Å²) in [5.74, 6) is 3.19. The van der Waals surface area contributed by atoms with Gasteiger partial charge in [-0.15, -0.1) is 0 Å². The molecule has 2 heterocycles. The number of aromatic nitrogens is 3. The number of furan rings is 1. The molecule has 8 heteroatoms. The van der Waals surface area contributed by atoms with Crippen molar-refractivity contribution in [3.63, 3.8) is 0 Å². The minimum Gasteiger partial charge on any atom is -0.497 e. The van der Waals surface area contributed by atoms with E-state index in [9.17, 15) is 0 Å². The van der Waals surface area contributed by atoms with Gasteiger partial charge in [-0.25, -0.2) is 4.98 Å². The van der Waals surface area contributed by atoms with Crippen LogP contribution in [-0.4, -0.2) is 41.3 Å². The number of methoxy groups -OCH3 is 1. The zero-order valence-electron chi connectivity index (χ0n) is 14.6. The van der Waals surface area contributed by atoms with Gasteiger partial charge in [0.05, 0.1) is 13.4 Å². The molecule has 0 amide bonds. The third kappa shape index (κ3) is 4.85. The summed E-state index contributed by atoms with van der Waals surface area (Å²) in [5.41, 5.74) is 7.09. The summed E-state index contributed by atoms with van der Waals surface area (Å²) in [6.07, 6.45) is 3.07. The number of hydrogen-bond donors (Lipinski definition) is 3. The summed E-state index contributed by atoms with van der Waals surface area (Å²) in [4.78, 5) is 8.67. The molecule has 3 aromatic rings. The third-order valence-electron chi connectivity index (χ3n) is 3.78. The number of benzene rings is 1. The van der Waals surface area contributed by atoms with Crippen LogP contribution >= 0.6 is 0 Å². The number of aromatic amines is 1. The van der Waals surface area contributed by atoms with Gasteiger partial charge in [0.25, 0.3) is 0 Å². The first kappa shape index (κ1) is 17.5. The maximum atomic E-state index is 5.89. The Labute approximate surface area is 151 Å². The van der Waals surface area contributed by atoms with Crippen LogP contribution in [-0.2, 0) is 12.8 Å². The number of guanidine groups is 1. The molecular formula is C18H22N6O2. The van der Waals surface area contributed by atoms with Gasteiger partial charge in [0.15, 0.2) is 11.7 Å². The van der Waals surface area contributed by atoms with Crippen LogP contribution in [0.2, 0.25) is 0 Å². The van der Waals surface area contributed by atoms with E-state index in [4.69, 9.17) is 14.9 Å². The van der Waals surface area contributed by atoms with E-state index in [2.05, 4.69) is 25.5 Å². The lowest BCUT2D eigenvalue weighted by Crippen LogP contribution is -2.33. The van der Waals surface area contributed by atoms with Crippen LogP contribution in [0.1, 0.15) is 11.4 Å². The standard InChI is InChI=1S/C18H22N6O2/c1-25-14-6-4-13(5-7-14)8-10-20-18(19)21-11-9-16-22-17(24-23-16)15-3-2-12-26-15/h2-7,12H,8-11H2,1H3,(H3,19,20,21)(H,22,23,24). The number of H-pyrrole nitrogens is 1. The Bertz CT molecular complexity index is 824. The summed E-state index contributed by atoms with van der Waals surface area (Å²) >= 11 is 0. The van der Waals surface area contributed by atoms with Crippen LogP contribution in [0.3, 0.4) is 0 Å². The molecule has 0 saturated carbocycles. The van der Waals surface area contributed by atoms with E-state index in [-0.39, 0.29) is 0 Å². The van der Waals surface area contributed by atoms with E-state index in [0.717, 1.165) is 18.0 Å². The first-order valence-electron chi connectivity index (χ1n) is 8.36. The lowest BCUT2D eigenvalue weighted by atomic mass is 10.1. The number of aliphatic imine (C=N–C) groups is 1. The van der Waals surface area contributed by atoms with Crippen molar-refractivity contribution in [3.8, 4) is 17.3 Å². The average Bonchev–Trinajstić information content (AvgIpc) is 3.34. The van der Waals surface area contributed by atoms with Crippen molar-refractivity contribution in [1.29, 1.82) is 0 Å². The molecule has 0 atom stereocenters. The largest absolute Gasteiger partial charge is 0.497 e. The molecule has 0 bridgehead atoms. The van der Waals surface area contributed by atoms with Crippen LogP contribution < -0.4 is 15.8 Å². The third-order valence-corrected chi connectivity index (χ3v) is 3.78. The highest BCUT2D eigenvalue weighted by molar-refractivity contribution is 5.77. The second-order valence-corrected chi connectivity index (χ2v) is 5.62. The Morgan fingerprint density at radius 3 is 2.85 bits per heavy atom. The van der Waals surface area contributed by atoms with Crippen LogP contribution in [0.15, 0.2) is 52.1 Å². The van der Waals surface area contributed by atoms with Gasteiger partial charge in [0.2, 0.25) is 5.82 Å². The highest BCUT2D eigenvalue weighted by Crippen LogP contribution is 2.14. The zero-order valence-corrected chi connectivity index (χ0v) is 14.6. The Morgan fingerprint density at radius 1 is 1.27 bits per heavy atom. The van der Waals surface area contributed by atoms with Crippen molar-refractivity contribution in [3.05, 3.63) is 54.0 Å². The predicted octanol–water partition coefficient (Wildman–Crippen LogP) is 1.76. The van der Waals surface area contributed by atoms with E-state index in [0.29, 0.717) is 37.1 Å². The minimum atomic E-state index is 0.421. The van der Waals surface area contributed by atoms with Crippen LogP contribution in [0, 0.1) is 0 Å². The van der Waals surface area contributed by atoms with E-state index >= 15 is 0 Å². The maximum absolute atomic E-state index is 5.89. The normalized spacial score (nSPS) is 11.5. The summed E-state index contributed by atoms with van der Waals surface area (Å²) < 4.78 is 10.4. The quantitative estimate of drug-likeness (QED) is 0.419. The van der Waals surface area contributed by atoms with Gasteiger partial charge in [0.1, 0.15) is 11.6 Å². The van der Waals surface area contributed by atoms with Crippen molar-refractivity contribution >= 4 is 5.96 Å². The van der Waals surface area contributed by atoms with Gasteiger partial charge in [0, 0.05) is 19.5 Å². The van der Waals surface area contributed by atoms with Gasteiger partial charge in [-0.3, -0.25) is 10.1 Å². The molecule has 0 saturated heterocycles. The molecule has 0 aliphatic heterocycles. The lowest BCUT2D eigenvalue weighted by molar-refractivity contribution is 0.414. The van der Waals surface area contributed by atoms with Crippen molar-refractivity contribution in [2.24, 2.45) is 10.7 Å². The number of rotatable bonds is 8. The first-order chi connectivity index (χ1) is 12.7. The second-order valence-electron chi connectivity index (χ2n) is 5.62. The molecule has 0 spiro atoms. The molecule has 1 aromatic carbocycles. The zero-order chi connectivity index (χ0) is 18.2. The van der Waals surface area contributed by atoms with Crippen LogP contribution in [0.25, 0.3) is 11.6 Å². The molecule has 2 aromatic heterocycles. The summed E-state index contributed by atoms with van der Waals surface area (Å²) in [6, 6.07) is 11.6. The molecule has 8 nitrogen and oxygen atoms in total. The summed E-state index contributed by atoms with van der Waals surface area (Å²) in [5, 5.41) is 10.1. The van der Waals surface area contributed by atoms with Crippen molar-refractivity contribution in [2.45, 2.75) is 12.8 Å². The van der Waals surface area contributed by atoms with Gasteiger partial charge in [-0.2, -0.15) is 5.10 Å². The van der Waals surface area contributed by atoms with E-state index < -0.39 is 0 Å². The summed E-state index contributed by atoms with van der Waals surface area (Å²) in [7, 11) is 1.66. The maximum Gasteiger partial charge on any atom is 0.216 e. The van der Waals surface area contributed by atoms with Crippen LogP contribution in [0.5, 0.6) is 5.75 Å². The number of ether oxygens (including phenoxy) is 1. The Balaban J connectivity index is 1.39. The topological polar surface area (TPSA) is 114 Å². The smallest absolute Gasteiger partial charge is 0.216 e. The summed E-state index contributed by atoms with van der Waals surface area (Å²) in [6.45, 7) is 1.24. The molecule has 26 heavy (non-hydrogen) atoms. The Kier molecular flexibility index (Phi) is 5.87. The van der Waals surface area contributed by atoms with E-state index in [1.807, 2.05) is 30.3 Å². The fourth-order valence-corrected chi connectivity index (χ4v) is 2.39. The first-order valence-corrected chi connectivity index (χ1v) is 8.36. The molecule has 4 N–H and O–H groups in total. The van der Waals surface area contributed by atoms with Crippen molar-refractivity contribution < 1.29 is 9.15 Å². The number of nitrogens with zero attached hydrogens (tertiary/aromatic N) is 3. The fourth-order valence-electron chi connectivity index (χ4n) is 2.39. The number of nitrogens with one attached hydrogen (secondary N) is 2. The van der Waals surface area contributed by atoms with Gasteiger partial charge in [-0.05, 0) is 36.2 Å². The van der Waals surface area contributed by atoms with Crippen molar-refractivity contribution in [1.82, 2.24) is 20.5 Å². The SMILES string of the molecule is COc1ccc(CCNC(N)=NCCc2nc(-c3ccco3)n[nH]2)cc1. The minimum absolute atomic E-state index is 0.421. The average molecular weight is 354 g/mol. The highest BCUT2D eigenvalue weighted by atomic mass is 16.5. The Morgan fingerprint density at radius 2 is 2.12 bits per heavy atom. The number of nitrogens with two attached hydrogens (primary N) is 1. The lowest BCUT2D eigenvalue weighted by Gasteiger charge is -2.06. The molecule has 136 valence electrons. The van der Waals surface area contributed by atoms with E-state index in [1.165, 1.54) is 5.56 Å². The molecule has 0 unspecified atom stereocenters. The highest BCUT2D eigenvalue weighted by Gasteiger charge is 2.07.